The summed E-state index contributed by atoms with van der Waals surface area (Å²) in [4.78, 5) is 23.8. The summed E-state index contributed by atoms with van der Waals surface area (Å²) in [7, 11) is 0. The van der Waals surface area contributed by atoms with E-state index in [4.69, 9.17) is 18.9 Å². The molecule has 6 nitrogen and oxygen atoms in total. The third-order valence-electron chi connectivity index (χ3n) is 4.33. The molecule has 0 amide bonds. The van der Waals surface area contributed by atoms with Crippen LogP contribution in [0.2, 0.25) is 0 Å². The quantitative estimate of drug-likeness (QED) is 0.268. The predicted molar refractivity (Wildman–Crippen MR) is 118 cm³/mol. The first-order valence-corrected chi connectivity index (χ1v) is 9.76. The lowest BCUT2D eigenvalue weighted by atomic mass is 10.1. The maximum Gasteiger partial charge on any atom is 0.519 e. The second-order valence-corrected chi connectivity index (χ2v) is 6.58. The molecule has 0 aromatic heterocycles. The van der Waals surface area contributed by atoms with Crippen LogP contribution in [0.1, 0.15) is 0 Å². The molecule has 0 fully saturated rings. The van der Waals surface area contributed by atoms with E-state index in [0.717, 1.165) is 11.1 Å². The Morgan fingerprint density at radius 1 is 0.375 bits per heavy atom. The van der Waals surface area contributed by atoms with Gasteiger partial charge in [-0.2, -0.15) is 0 Å². The smallest absolute Gasteiger partial charge is 0.395 e. The largest absolute Gasteiger partial charge is 0.519 e. The second-order valence-electron chi connectivity index (χ2n) is 6.58. The number of ether oxygens (including phenoxy) is 4. The van der Waals surface area contributed by atoms with Crippen LogP contribution in [0.25, 0.3) is 11.1 Å². The van der Waals surface area contributed by atoms with E-state index in [1.165, 1.54) is 0 Å². The molecule has 0 radical (unpaired) electrons. The fourth-order valence-corrected chi connectivity index (χ4v) is 2.83. The first-order chi connectivity index (χ1) is 15.7. The van der Waals surface area contributed by atoms with Crippen LogP contribution in [0.15, 0.2) is 109 Å². The highest BCUT2D eigenvalue weighted by Gasteiger charge is 2.10. The second kappa shape index (κ2) is 9.95. The Bertz CT molecular complexity index is 1070. The Morgan fingerprint density at radius 2 is 0.656 bits per heavy atom. The van der Waals surface area contributed by atoms with Crippen LogP contribution in [0.5, 0.6) is 23.0 Å². The highest BCUT2D eigenvalue weighted by Crippen LogP contribution is 2.25. The standard InChI is InChI=1S/C26H18O6/c27-25(29-21-7-3-1-4-8-21)31-23-15-11-19(12-16-23)20-13-17-24(18-14-20)32-26(28)30-22-9-5-2-6-10-22/h1-18H. The molecule has 158 valence electrons. The molecule has 32 heavy (non-hydrogen) atoms. The number of hydrogen-bond acceptors (Lipinski definition) is 6. The van der Waals surface area contributed by atoms with Gasteiger partial charge in [0.25, 0.3) is 0 Å². The lowest BCUT2D eigenvalue weighted by molar-refractivity contribution is 0.150. The first kappa shape index (κ1) is 20.7. The maximum atomic E-state index is 11.9. The summed E-state index contributed by atoms with van der Waals surface area (Å²) in [5, 5.41) is 0. The van der Waals surface area contributed by atoms with Gasteiger partial charge in [0.1, 0.15) is 23.0 Å². The van der Waals surface area contributed by atoms with Gasteiger partial charge in [0.15, 0.2) is 0 Å². The molecule has 0 heterocycles. The van der Waals surface area contributed by atoms with Crippen molar-refractivity contribution in [1.29, 1.82) is 0 Å². The van der Waals surface area contributed by atoms with Crippen molar-refractivity contribution in [2.75, 3.05) is 0 Å². The highest BCUT2D eigenvalue weighted by atomic mass is 16.7. The molecule has 4 aromatic rings. The van der Waals surface area contributed by atoms with E-state index in [2.05, 4.69) is 0 Å². The summed E-state index contributed by atoms with van der Waals surface area (Å²) in [6.07, 6.45) is -1.62. The zero-order chi connectivity index (χ0) is 22.2. The van der Waals surface area contributed by atoms with Crippen LogP contribution in [-0.2, 0) is 0 Å². The average Bonchev–Trinajstić information content (AvgIpc) is 2.81. The van der Waals surface area contributed by atoms with Crippen LogP contribution in [0, 0.1) is 0 Å². The summed E-state index contributed by atoms with van der Waals surface area (Å²) in [6, 6.07) is 31.3. The van der Waals surface area contributed by atoms with Gasteiger partial charge in [0.05, 0.1) is 0 Å². The fraction of sp³-hybridized carbons (Fsp3) is 0. The number of benzene rings is 4. The number of para-hydroxylation sites is 2. The van der Waals surface area contributed by atoms with Crippen LogP contribution < -0.4 is 18.9 Å². The molecule has 0 aliphatic rings. The molecule has 4 rings (SSSR count). The Balaban J connectivity index is 1.32. The van der Waals surface area contributed by atoms with Gasteiger partial charge in [-0.05, 0) is 59.7 Å². The van der Waals surface area contributed by atoms with Gasteiger partial charge in [-0.1, -0.05) is 60.7 Å². The predicted octanol–water partition coefficient (Wildman–Crippen LogP) is 6.51. The van der Waals surface area contributed by atoms with E-state index in [1.807, 2.05) is 36.4 Å². The fourth-order valence-electron chi connectivity index (χ4n) is 2.83. The summed E-state index contributed by atoms with van der Waals surface area (Å²) in [6.45, 7) is 0. The van der Waals surface area contributed by atoms with Crippen LogP contribution in [0.3, 0.4) is 0 Å². The molecule has 0 saturated carbocycles. The minimum atomic E-state index is -0.812. The van der Waals surface area contributed by atoms with Crippen molar-refractivity contribution in [1.82, 2.24) is 0 Å². The minimum absolute atomic E-state index is 0.360. The molecule has 0 saturated heterocycles. The number of carbonyl (C=O) groups is 2. The van der Waals surface area contributed by atoms with Gasteiger partial charge in [-0.25, -0.2) is 9.59 Å². The highest BCUT2D eigenvalue weighted by molar-refractivity contribution is 5.70. The van der Waals surface area contributed by atoms with Gasteiger partial charge < -0.3 is 18.9 Å². The first-order valence-electron chi connectivity index (χ1n) is 9.76. The lowest BCUT2D eigenvalue weighted by Crippen LogP contribution is -2.13. The number of carbonyl (C=O) groups excluding carboxylic acids is 2. The van der Waals surface area contributed by atoms with Crippen molar-refractivity contribution in [2.24, 2.45) is 0 Å². The summed E-state index contributed by atoms with van der Waals surface area (Å²) in [5.74, 6) is 1.53. The normalized spacial score (nSPS) is 10.1. The van der Waals surface area contributed by atoms with Crippen molar-refractivity contribution < 1.29 is 28.5 Å². The topological polar surface area (TPSA) is 71.1 Å². The third kappa shape index (κ3) is 5.73. The SMILES string of the molecule is O=C(Oc1ccccc1)Oc1ccc(-c2ccc(OC(=O)Oc3ccccc3)cc2)cc1. The van der Waals surface area contributed by atoms with Crippen molar-refractivity contribution >= 4 is 12.3 Å². The van der Waals surface area contributed by atoms with Gasteiger partial charge in [-0.3, -0.25) is 0 Å². The molecule has 4 aromatic carbocycles. The van der Waals surface area contributed by atoms with Gasteiger partial charge in [0.2, 0.25) is 0 Å². The van der Waals surface area contributed by atoms with E-state index in [9.17, 15) is 9.59 Å². The van der Waals surface area contributed by atoms with Gasteiger partial charge >= 0.3 is 12.3 Å². The van der Waals surface area contributed by atoms with Gasteiger partial charge in [-0.15, -0.1) is 0 Å². The Labute approximate surface area is 184 Å². The molecule has 0 unspecified atom stereocenters. The maximum absolute atomic E-state index is 11.9. The van der Waals surface area contributed by atoms with Crippen molar-refractivity contribution in [3.05, 3.63) is 109 Å². The summed E-state index contributed by atoms with van der Waals surface area (Å²) >= 11 is 0. The minimum Gasteiger partial charge on any atom is -0.395 e. The van der Waals surface area contributed by atoms with Crippen LogP contribution in [-0.4, -0.2) is 12.3 Å². The molecule has 0 aliphatic carbocycles. The van der Waals surface area contributed by atoms with Crippen LogP contribution in [0.4, 0.5) is 9.59 Å². The Hall–Kier alpha value is -4.58. The molecule has 6 heteroatoms. The zero-order valence-electron chi connectivity index (χ0n) is 16.8. The van der Waals surface area contributed by atoms with Gasteiger partial charge in [0, 0.05) is 0 Å². The summed E-state index contributed by atoms with van der Waals surface area (Å²) in [5.41, 5.74) is 1.79. The molecular weight excluding hydrogens is 408 g/mol. The van der Waals surface area contributed by atoms with E-state index in [1.54, 1.807) is 72.8 Å². The molecule has 0 atom stereocenters. The summed E-state index contributed by atoms with van der Waals surface area (Å²) < 4.78 is 20.6. The van der Waals surface area contributed by atoms with E-state index in [0.29, 0.717) is 23.0 Å². The Morgan fingerprint density at radius 3 is 0.969 bits per heavy atom. The lowest BCUT2D eigenvalue weighted by Gasteiger charge is -2.08. The average molecular weight is 426 g/mol. The molecular formula is C26H18O6. The van der Waals surface area contributed by atoms with E-state index >= 15 is 0 Å². The van der Waals surface area contributed by atoms with E-state index < -0.39 is 12.3 Å². The molecule has 0 bridgehead atoms. The molecule has 0 aliphatic heterocycles. The number of rotatable bonds is 5. The van der Waals surface area contributed by atoms with Crippen LogP contribution >= 0.6 is 0 Å². The van der Waals surface area contributed by atoms with E-state index in [-0.39, 0.29) is 0 Å². The van der Waals surface area contributed by atoms with Crippen molar-refractivity contribution in [3.8, 4) is 34.1 Å². The van der Waals surface area contributed by atoms with Crippen molar-refractivity contribution in [2.45, 2.75) is 0 Å². The number of hydrogen-bond donors (Lipinski definition) is 0. The van der Waals surface area contributed by atoms with Crippen molar-refractivity contribution in [3.63, 3.8) is 0 Å². The monoisotopic (exact) mass is 426 g/mol. The molecule has 0 spiro atoms. The third-order valence-corrected chi connectivity index (χ3v) is 4.33. The zero-order valence-corrected chi connectivity index (χ0v) is 16.8. The Kier molecular flexibility index (Phi) is 6.43. The molecule has 0 N–H and O–H groups in total.